The SMILES string of the molecule is CCS(=O)(=O)CCNC(=O)c1cccn1-c1cccc(I)c1. The first-order valence-electron chi connectivity index (χ1n) is 6.85. The minimum absolute atomic E-state index is 0.0425. The fourth-order valence-corrected chi connectivity index (χ4v) is 3.20. The van der Waals surface area contributed by atoms with Gasteiger partial charge in [0.05, 0.1) is 5.75 Å². The van der Waals surface area contributed by atoms with Gasteiger partial charge in [-0.2, -0.15) is 0 Å². The molecule has 1 N–H and O–H groups in total. The third kappa shape index (κ3) is 4.33. The molecule has 7 heteroatoms. The molecule has 22 heavy (non-hydrogen) atoms. The standard InChI is InChI=1S/C15H17IN2O3S/c1-2-22(20,21)10-8-17-15(19)14-7-4-9-18(14)13-6-3-5-12(16)11-13/h3-7,9,11H,2,8,10H2,1H3,(H,17,19). The van der Waals surface area contributed by atoms with Gasteiger partial charge in [0.2, 0.25) is 0 Å². The molecule has 1 aromatic heterocycles. The second kappa shape index (κ2) is 7.28. The van der Waals surface area contributed by atoms with Gasteiger partial charge in [-0.05, 0) is 52.9 Å². The summed E-state index contributed by atoms with van der Waals surface area (Å²) in [6.07, 6.45) is 1.81. The van der Waals surface area contributed by atoms with Crippen molar-refractivity contribution in [3.8, 4) is 5.69 Å². The third-order valence-corrected chi connectivity index (χ3v) is 5.58. The van der Waals surface area contributed by atoms with Crippen LogP contribution in [0.1, 0.15) is 17.4 Å². The lowest BCUT2D eigenvalue weighted by atomic mass is 10.3. The van der Waals surface area contributed by atoms with Gasteiger partial charge in [0.15, 0.2) is 9.84 Å². The van der Waals surface area contributed by atoms with Crippen LogP contribution in [0.4, 0.5) is 0 Å². The summed E-state index contributed by atoms with van der Waals surface area (Å²) in [6, 6.07) is 11.3. The number of hydrogen-bond acceptors (Lipinski definition) is 3. The van der Waals surface area contributed by atoms with E-state index in [9.17, 15) is 13.2 Å². The van der Waals surface area contributed by atoms with Gasteiger partial charge in [-0.3, -0.25) is 4.79 Å². The van der Waals surface area contributed by atoms with E-state index >= 15 is 0 Å². The van der Waals surface area contributed by atoms with E-state index in [0.717, 1.165) is 9.26 Å². The first kappa shape index (κ1) is 17.0. The minimum atomic E-state index is -3.07. The van der Waals surface area contributed by atoms with Gasteiger partial charge >= 0.3 is 0 Å². The number of amides is 1. The molecule has 0 aliphatic carbocycles. The Morgan fingerprint density at radius 2 is 2.05 bits per heavy atom. The number of aromatic nitrogens is 1. The highest BCUT2D eigenvalue weighted by atomic mass is 127. The number of hydrogen-bond donors (Lipinski definition) is 1. The molecule has 118 valence electrons. The number of halogens is 1. The number of carbonyl (C=O) groups excluding carboxylic acids is 1. The molecule has 0 aliphatic rings. The molecule has 0 spiro atoms. The van der Waals surface area contributed by atoms with Crippen LogP contribution in [0.3, 0.4) is 0 Å². The van der Waals surface area contributed by atoms with E-state index < -0.39 is 9.84 Å². The summed E-state index contributed by atoms with van der Waals surface area (Å²) in [5, 5.41) is 2.66. The smallest absolute Gasteiger partial charge is 0.268 e. The van der Waals surface area contributed by atoms with Gasteiger partial charge in [-0.1, -0.05) is 13.0 Å². The van der Waals surface area contributed by atoms with Crippen molar-refractivity contribution in [3.63, 3.8) is 0 Å². The predicted molar refractivity (Wildman–Crippen MR) is 95.1 cm³/mol. The molecule has 0 bridgehead atoms. The Morgan fingerprint density at radius 3 is 2.73 bits per heavy atom. The van der Waals surface area contributed by atoms with Crippen LogP contribution in [0.5, 0.6) is 0 Å². The summed E-state index contributed by atoms with van der Waals surface area (Å²) in [5.74, 6) is -0.240. The zero-order valence-electron chi connectivity index (χ0n) is 12.1. The number of sulfone groups is 1. The molecular formula is C15H17IN2O3S. The zero-order chi connectivity index (χ0) is 16.2. The van der Waals surface area contributed by atoms with E-state index in [1.54, 1.807) is 23.6 Å². The van der Waals surface area contributed by atoms with E-state index in [0.29, 0.717) is 5.69 Å². The number of nitrogens with zero attached hydrogens (tertiary/aromatic N) is 1. The zero-order valence-corrected chi connectivity index (χ0v) is 15.1. The number of carbonyl (C=O) groups is 1. The van der Waals surface area contributed by atoms with Crippen LogP contribution >= 0.6 is 22.6 Å². The van der Waals surface area contributed by atoms with Crippen molar-refractivity contribution in [2.75, 3.05) is 18.1 Å². The highest BCUT2D eigenvalue weighted by molar-refractivity contribution is 14.1. The molecule has 1 aromatic carbocycles. The van der Waals surface area contributed by atoms with E-state index in [1.807, 2.05) is 30.5 Å². The Kier molecular flexibility index (Phi) is 5.63. The lowest BCUT2D eigenvalue weighted by molar-refractivity contribution is 0.0949. The van der Waals surface area contributed by atoms with Gasteiger partial charge in [0.25, 0.3) is 5.91 Å². The minimum Gasteiger partial charge on any atom is -0.350 e. The third-order valence-electron chi connectivity index (χ3n) is 3.21. The molecule has 1 heterocycles. The van der Waals surface area contributed by atoms with Gasteiger partial charge in [-0.15, -0.1) is 0 Å². The molecule has 0 saturated carbocycles. The van der Waals surface area contributed by atoms with E-state index in [-0.39, 0.29) is 24.0 Å². The van der Waals surface area contributed by atoms with Crippen LogP contribution < -0.4 is 5.32 Å². The Bertz CT molecular complexity index is 769. The van der Waals surface area contributed by atoms with Crippen molar-refractivity contribution in [1.29, 1.82) is 0 Å². The Labute approximate surface area is 143 Å². The summed E-state index contributed by atoms with van der Waals surface area (Å²) in [6.45, 7) is 1.71. The van der Waals surface area contributed by atoms with Crippen molar-refractivity contribution in [1.82, 2.24) is 9.88 Å². The molecule has 2 rings (SSSR count). The average molecular weight is 432 g/mol. The fourth-order valence-electron chi connectivity index (χ4n) is 1.97. The summed E-state index contributed by atoms with van der Waals surface area (Å²) < 4.78 is 25.7. The number of rotatable bonds is 6. The summed E-state index contributed by atoms with van der Waals surface area (Å²) in [5.41, 5.74) is 1.37. The summed E-state index contributed by atoms with van der Waals surface area (Å²) in [4.78, 5) is 12.2. The maximum atomic E-state index is 12.2. The molecule has 2 aromatic rings. The van der Waals surface area contributed by atoms with Crippen molar-refractivity contribution in [2.24, 2.45) is 0 Å². The Morgan fingerprint density at radius 1 is 1.27 bits per heavy atom. The largest absolute Gasteiger partial charge is 0.350 e. The molecular weight excluding hydrogens is 415 g/mol. The molecule has 0 fully saturated rings. The lowest BCUT2D eigenvalue weighted by Crippen LogP contribution is -2.30. The first-order valence-corrected chi connectivity index (χ1v) is 9.75. The van der Waals surface area contributed by atoms with E-state index in [4.69, 9.17) is 0 Å². The van der Waals surface area contributed by atoms with E-state index in [2.05, 4.69) is 27.9 Å². The molecule has 5 nitrogen and oxygen atoms in total. The lowest BCUT2D eigenvalue weighted by Gasteiger charge is -2.10. The topological polar surface area (TPSA) is 68.2 Å². The normalized spacial score (nSPS) is 11.4. The maximum Gasteiger partial charge on any atom is 0.268 e. The monoisotopic (exact) mass is 432 g/mol. The van der Waals surface area contributed by atoms with Crippen LogP contribution in [0.2, 0.25) is 0 Å². The molecule has 0 unspecified atom stereocenters. The number of nitrogens with one attached hydrogen (secondary N) is 1. The second-order valence-corrected chi connectivity index (χ2v) is 8.45. The summed E-state index contributed by atoms with van der Waals surface area (Å²) in [7, 11) is -3.07. The molecule has 0 atom stereocenters. The van der Waals surface area contributed by atoms with Crippen LogP contribution in [-0.4, -0.2) is 36.9 Å². The maximum absolute atomic E-state index is 12.2. The van der Waals surface area contributed by atoms with Gasteiger partial charge in [-0.25, -0.2) is 8.42 Å². The van der Waals surface area contributed by atoms with Crippen LogP contribution in [-0.2, 0) is 9.84 Å². The van der Waals surface area contributed by atoms with Crippen molar-refractivity contribution < 1.29 is 13.2 Å². The van der Waals surface area contributed by atoms with E-state index in [1.165, 1.54) is 0 Å². The van der Waals surface area contributed by atoms with Gasteiger partial charge < -0.3 is 9.88 Å². The highest BCUT2D eigenvalue weighted by Gasteiger charge is 2.13. The summed E-state index contributed by atoms with van der Waals surface area (Å²) >= 11 is 2.21. The van der Waals surface area contributed by atoms with Crippen molar-refractivity contribution >= 4 is 38.3 Å². The molecule has 0 saturated heterocycles. The molecule has 0 aliphatic heterocycles. The molecule has 1 amide bonds. The van der Waals surface area contributed by atoms with Crippen molar-refractivity contribution in [2.45, 2.75) is 6.92 Å². The Hall–Kier alpha value is -1.35. The fraction of sp³-hybridized carbons (Fsp3) is 0.267. The highest BCUT2D eigenvalue weighted by Crippen LogP contribution is 2.15. The number of benzene rings is 1. The van der Waals surface area contributed by atoms with Gasteiger partial charge in [0.1, 0.15) is 5.69 Å². The van der Waals surface area contributed by atoms with Crippen molar-refractivity contribution in [3.05, 3.63) is 51.9 Å². The van der Waals surface area contributed by atoms with Crippen LogP contribution in [0, 0.1) is 3.57 Å². The second-order valence-electron chi connectivity index (χ2n) is 4.74. The first-order chi connectivity index (χ1) is 10.4. The van der Waals surface area contributed by atoms with Crippen LogP contribution in [0.25, 0.3) is 5.69 Å². The van der Waals surface area contributed by atoms with Gasteiger partial charge in [0, 0.05) is 27.8 Å². The quantitative estimate of drug-likeness (QED) is 0.713. The predicted octanol–water partition coefficient (Wildman–Crippen LogP) is 2.25. The van der Waals surface area contributed by atoms with Crippen LogP contribution in [0.15, 0.2) is 42.6 Å². The average Bonchev–Trinajstić information content (AvgIpc) is 2.96. The Balaban J connectivity index is 2.11. The molecule has 0 radical (unpaired) electrons.